The van der Waals surface area contributed by atoms with Gasteiger partial charge in [-0.1, -0.05) is 37.5 Å². The van der Waals surface area contributed by atoms with Gasteiger partial charge in [0.25, 0.3) is 0 Å². The highest BCUT2D eigenvalue weighted by Gasteiger charge is 2.42. The second-order valence-electron chi connectivity index (χ2n) is 11.9. The quantitative estimate of drug-likeness (QED) is 0.333. The van der Waals surface area contributed by atoms with E-state index < -0.39 is 0 Å². The molecule has 0 bridgehead atoms. The number of allylic oxidation sites excluding steroid dienone is 3. The fourth-order valence-corrected chi connectivity index (χ4v) is 7.04. The largest absolute Gasteiger partial charge is 0.500 e. The summed E-state index contributed by atoms with van der Waals surface area (Å²) >= 11 is 0. The van der Waals surface area contributed by atoms with Crippen molar-refractivity contribution < 1.29 is 23.8 Å². The Hall–Kier alpha value is -2.64. The number of hydrogen-bond donors (Lipinski definition) is 1. The molecule has 1 amide bonds. The van der Waals surface area contributed by atoms with Crippen molar-refractivity contribution in [2.45, 2.75) is 76.4 Å². The van der Waals surface area contributed by atoms with E-state index in [-0.39, 0.29) is 35.7 Å². The van der Waals surface area contributed by atoms with Gasteiger partial charge in [0, 0.05) is 37.5 Å². The summed E-state index contributed by atoms with van der Waals surface area (Å²) in [4.78, 5) is 28.3. The zero-order valence-corrected chi connectivity index (χ0v) is 24.2. The second-order valence-corrected chi connectivity index (χ2v) is 11.9. The third kappa shape index (κ3) is 6.80. The van der Waals surface area contributed by atoms with Crippen LogP contribution in [0.2, 0.25) is 0 Å². The van der Waals surface area contributed by atoms with Gasteiger partial charge in [-0.3, -0.25) is 9.59 Å². The van der Waals surface area contributed by atoms with Crippen molar-refractivity contribution >= 4 is 11.7 Å². The van der Waals surface area contributed by atoms with E-state index >= 15 is 0 Å². The van der Waals surface area contributed by atoms with E-state index in [9.17, 15) is 9.59 Å². The highest BCUT2D eigenvalue weighted by Crippen LogP contribution is 2.41. The fraction of sp³-hybridized carbons (Fsp3) is 0.636. The number of likely N-dealkylation sites (tertiary alicyclic amines) is 1. The first-order chi connectivity index (χ1) is 19.6. The zero-order chi connectivity index (χ0) is 27.9. The molecule has 2 saturated heterocycles. The van der Waals surface area contributed by atoms with Gasteiger partial charge in [-0.25, -0.2) is 0 Å². The van der Waals surface area contributed by atoms with Crippen LogP contribution in [0.5, 0.6) is 5.75 Å². The van der Waals surface area contributed by atoms with Crippen molar-refractivity contribution in [1.29, 1.82) is 0 Å². The molecule has 2 heterocycles. The molecule has 2 aliphatic carbocycles. The van der Waals surface area contributed by atoms with E-state index in [1.807, 2.05) is 29.2 Å². The van der Waals surface area contributed by atoms with Crippen LogP contribution in [-0.2, 0) is 19.1 Å². The molecule has 0 aromatic heterocycles. The number of benzene rings is 1. The summed E-state index contributed by atoms with van der Waals surface area (Å²) in [7, 11) is 3.35. The number of amides is 1. The van der Waals surface area contributed by atoms with Gasteiger partial charge >= 0.3 is 0 Å². The van der Waals surface area contributed by atoms with Crippen LogP contribution in [0.3, 0.4) is 0 Å². The molecule has 4 atom stereocenters. The topological polar surface area (TPSA) is 77.1 Å². The van der Waals surface area contributed by atoms with Gasteiger partial charge in [0.2, 0.25) is 5.91 Å². The minimum atomic E-state index is -0.160. The Morgan fingerprint density at radius 3 is 2.50 bits per heavy atom. The first-order valence-corrected chi connectivity index (χ1v) is 15.3. The van der Waals surface area contributed by atoms with Gasteiger partial charge in [0.15, 0.2) is 5.78 Å². The van der Waals surface area contributed by atoms with E-state index in [0.29, 0.717) is 18.9 Å². The summed E-state index contributed by atoms with van der Waals surface area (Å²) in [6.45, 7) is 3.28. The van der Waals surface area contributed by atoms with Crippen LogP contribution in [0.25, 0.3) is 0 Å². The standard InChI is InChI=1S/C33H46N2O5/c1-38-26-12-10-23(11-13-26)29-16-14-27(40-29)21-34-18-6-3-7-19-35-22-25(20-31(35)36)28-15-17-30(39-2)32(33(28)37)24-8-4-5-9-24/h10-13,15,17,24-25,27,29,32,34H,3-9,14,16,18-22H2,1-2H3. The molecule has 2 aliphatic heterocycles. The van der Waals surface area contributed by atoms with E-state index in [2.05, 4.69) is 17.4 Å². The van der Waals surface area contributed by atoms with Crippen LogP contribution in [0, 0.1) is 17.8 Å². The van der Waals surface area contributed by atoms with Gasteiger partial charge in [0.1, 0.15) is 11.5 Å². The number of unbranched alkanes of at least 4 members (excludes halogenated alkanes) is 2. The molecule has 1 aromatic rings. The first kappa shape index (κ1) is 28.9. The Bertz CT molecular complexity index is 1070. The van der Waals surface area contributed by atoms with Gasteiger partial charge in [0.05, 0.1) is 32.3 Å². The molecule has 4 unspecified atom stereocenters. The number of rotatable bonds is 13. The Labute approximate surface area is 239 Å². The van der Waals surface area contributed by atoms with Crippen LogP contribution in [0.1, 0.15) is 75.9 Å². The minimum Gasteiger partial charge on any atom is -0.500 e. The van der Waals surface area contributed by atoms with E-state index in [4.69, 9.17) is 14.2 Å². The van der Waals surface area contributed by atoms with Crippen molar-refractivity contribution in [2.24, 2.45) is 17.8 Å². The summed E-state index contributed by atoms with van der Waals surface area (Å²) < 4.78 is 17.1. The maximum atomic E-state index is 13.5. The molecule has 40 heavy (non-hydrogen) atoms. The Balaban J connectivity index is 0.981. The van der Waals surface area contributed by atoms with Gasteiger partial charge in [-0.05, 0) is 74.8 Å². The molecule has 5 rings (SSSR count). The highest BCUT2D eigenvalue weighted by atomic mass is 16.5. The number of methoxy groups -OCH3 is 2. The molecule has 7 heteroatoms. The van der Waals surface area contributed by atoms with E-state index in [0.717, 1.165) is 81.7 Å². The molecule has 218 valence electrons. The van der Waals surface area contributed by atoms with Crippen molar-refractivity contribution in [3.05, 3.63) is 53.3 Å². The minimum absolute atomic E-state index is 0.00776. The maximum Gasteiger partial charge on any atom is 0.223 e. The Morgan fingerprint density at radius 2 is 1.75 bits per heavy atom. The predicted molar refractivity (Wildman–Crippen MR) is 155 cm³/mol. The number of Topliss-reactive ketones (excluding diaryl/α,β-unsaturated/α-hetero) is 1. The molecule has 3 fully saturated rings. The molecule has 1 saturated carbocycles. The lowest BCUT2D eigenvalue weighted by molar-refractivity contribution is -0.127. The smallest absolute Gasteiger partial charge is 0.223 e. The molecule has 7 nitrogen and oxygen atoms in total. The Kier molecular flexibility index (Phi) is 9.97. The lowest BCUT2D eigenvalue weighted by atomic mass is 9.76. The highest BCUT2D eigenvalue weighted by molar-refractivity contribution is 6.02. The summed E-state index contributed by atoms with van der Waals surface area (Å²) in [6, 6.07) is 8.18. The van der Waals surface area contributed by atoms with Crippen molar-refractivity contribution in [2.75, 3.05) is 40.4 Å². The van der Waals surface area contributed by atoms with Crippen LogP contribution < -0.4 is 10.1 Å². The number of carbonyl (C=O) groups is 2. The monoisotopic (exact) mass is 550 g/mol. The molecular weight excluding hydrogens is 504 g/mol. The number of ketones is 1. The van der Waals surface area contributed by atoms with Crippen LogP contribution in [0.4, 0.5) is 0 Å². The SMILES string of the molecule is COC1=CC=C(C2CC(=O)N(CCCCCNCC3CCC(c4ccc(OC)cc4)O3)C2)C(=O)C1C1CCCC1. The number of carbonyl (C=O) groups excluding carboxylic acids is 2. The number of ether oxygens (including phenoxy) is 3. The lowest BCUT2D eigenvalue weighted by Gasteiger charge is -2.29. The molecule has 0 radical (unpaired) electrons. The van der Waals surface area contributed by atoms with Crippen molar-refractivity contribution in [1.82, 2.24) is 10.2 Å². The predicted octanol–water partition coefficient (Wildman–Crippen LogP) is 5.37. The molecule has 1 aromatic carbocycles. The average molecular weight is 551 g/mol. The Morgan fingerprint density at radius 1 is 0.950 bits per heavy atom. The summed E-state index contributed by atoms with van der Waals surface area (Å²) in [6.07, 6.45) is 14.6. The molecule has 1 N–H and O–H groups in total. The molecular formula is C33H46N2O5. The van der Waals surface area contributed by atoms with Gasteiger partial charge < -0.3 is 24.4 Å². The van der Waals surface area contributed by atoms with Gasteiger partial charge in [-0.15, -0.1) is 0 Å². The fourth-order valence-electron chi connectivity index (χ4n) is 7.04. The lowest BCUT2D eigenvalue weighted by Crippen LogP contribution is -2.32. The van der Waals surface area contributed by atoms with Crippen molar-refractivity contribution in [3.8, 4) is 5.75 Å². The third-order valence-corrected chi connectivity index (χ3v) is 9.31. The van der Waals surface area contributed by atoms with Crippen molar-refractivity contribution in [3.63, 3.8) is 0 Å². The number of nitrogens with one attached hydrogen (secondary N) is 1. The second kappa shape index (κ2) is 13.8. The van der Waals surface area contributed by atoms with E-state index in [1.165, 1.54) is 18.4 Å². The average Bonchev–Trinajstić information content (AvgIpc) is 3.74. The van der Waals surface area contributed by atoms with Crippen LogP contribution >= 0.6 is 0 Å². The summed E-state index contributed by atoms with van der Waals surface area (Å²) in [5, 5.41) is 3.56. The number of nitrogens with zero attached hydrogens (tertiary/aromatic N) is 1. The zero-order valence-electron chi connectivity index (χ0n) is 24.2. The van der Waals surface area contributed by atoms with Gasteiger partial charge in [-0.2, -0.15) is 0 Å². The maximum absolute atomic E-state index is 13.5. The normalized spacial score (nSPS) is 27.3. The van der Waals surface area contributed by atoms with Crippen LogP contribution in [-0.4, -0.2) is 63.1 Å². The van der Waals surface area contributed by atoms with E-state index in [1.54, 1.807) is 14.2 Å². The first-order valence-electron chi connectivity index (χ1n) is 15.3. The number of hydrogen-bond acceptors (Lipinski definition) is 6. The molecule has 0 spiro atoms. The molecule has 4 aliphatic rings. The van der Waals surface area contributed by atoms with Crippen LogP contribution in [0.15, 0.2) is 47.7 Å². The third-order valence-electron chi connectivity index (χ3n) is 9.31. The summed E-state index contributed by atoms with van der Waals surface area (Å²) in [5.74, 6) is 2.27. The summed E-state index contributed by atoms with van der Waals surface area (Å²) in [5.41, 5.74) is 2.05.